The molecule has 1 aromatic heterocycles. The summed E-state index contributed by atoms with van der Waals surface area (Å²) >= 11 is 0. The summed E-state index contributed by atoms with van der Waals surface area (Å²) in [5.74, 6) is 0. The Morgan fingerprint density at radius 2 is 1.84 bits per heavy atom. The summed E-state index contributed by atoms with van der Waals surface area (Å²) in [7, 11) is 2.02. The molecule has 0 saturated heterocycles. The largest absolute Gasteiger partial charge is 0.389 e. The van der Waals surface area contributed by atoms with Gasteiger partial charge in [-0.2, -0.15) is 5.10 Å². The molecule has 1 aromatic rings. The average Bonchev–Trinajstić information content (AvgIpc) is 2.62. The monoisotopic (exact) mass is 267 g/mol. The summed E-state index contributed by atoms with van der Waals surface area (Å²) in [5.41, 5.74) is 3.19. The van der Waals surface area contributed by atoms with Crippen molar-refractivity contribution in [1.29, 1.82) is 0 Å². The van der Waals surface area contributed by atoms with Crippen LogP contribution in [0.2, 0.25) is 0 Å². The van der Waals surface area contributed by atoms with Gasteiger partial charge in [0.2, 0.25) is 0 Å². The van der Waals surface area contributed by atoms with E-state index in [0.29, 0.717) is 6.54 Å². The van der Waals surface area contributed by atoms with Crippen molar-refractivity contribution in [3.05, 3.63) is 17.0 Å². The lowest BCUT2D eigenvalue weighted by Gasteiger charge is -2.28. The Kier molecular flexibility index (Phi) is 5.56. The van der Waals surface area contributed by atoms with Gasteiger partial charge in [-0.05, 0) is 33.2 Å². The van der Waals surface area contributed by atoms with E-state index in [2.05, 4.69) is 30.8 Å². The molecule has 0 aromatic carbocycles. The Labute approximate surface area is 117 Å². The third-order valence-electron chi connectivity index (χ3n) is 3.47. The average molecular weight is 267 g/mol. The van der Waals surface area contributed by atoms with E-state index in [0.717, 1.165) is 25.9 Å². The van der Waals surface area contributed by atoms with E-state index < -0.39 is 5.60 Å². The van der Waals surface area contributed by atoms with Crippen molar-refractivity contribution in [2.75, 3.05) is 13.1 Å². The maximum absolute atomic E-state index is 9.99. The van der Waals surface area contributed by atoms with Crippen molar-refractivity contribution in [3.8, 4) is 0 Å². The summed E-state index contributed by atoms with van der Waals surface area (Å²) in [5, 5.41) is 14.6. The normalized spacial score (nSPS) is 12.4. The second-order valence-corrected chi connectivity index (χ2v) is 5.82. The van der Waals surface area contributed by atoms with Gasteiger partial charge in [-0.15, -0.1) is 0 Å². The molecule has 0 aliphatic heterocycles. The number of rotatable bonds is 7. The molecule has 0 radical (unpaired) electrons. The molecule has 1 heterocycles. The van der Waals surface area contributed by atoms with Gasteiger partial charge in [0.05, 0.1) is 11.3 Å². The fraction of sp³-hybridized carbons (Fsp3) is 0.800. The van der Waals surface area contributed by atoms with Gasteiger partial charge in [-0.25, -0.2) is 0 Å². The highest BCUT2D eigenvalue weighted by atomic mass is 16.3. The van der Waals surface area contributed by atoms with E-state index in [1.165, 1.54) is 17.0 Å². The first-order chi connectivity index (χ1) is 8.82. The highest BCUT2D eigenvalue weighted by Gasteiger charge is 2.21. The second kappa shape index (κ2) is 6.53. The number of likely N-dealkylation sites (N-methyl/N-ethyl adjacent to an activating group) is 1. The first kappa shape index (κ1) is 16.2. The number of hydrogen-bond donors (Lipinski definition) is 1. The Morgan fingerprint density at radius 3 is 2.26 bits per heavy atom. The highest BCUT2D eigenvalue weighted by Crippen LogP contribution is 2.19. The van der Waals surface area contributed by atoms with Crippen molar-refractivity contribution >= 4 is 0 Å². The third-order valence-corrected chi connectivity index (χ3v) is 3.47. The molecular formula is C15H29N3O. The maximum atomic E-state index is 9.99. The minimum Gasteiger partial charge on any atom is -0.389 e. The van der Waals surface area contributed by atoms with Crippen LogP contribution < -0.4 is 0 Å². The van der Waals surface area contributed by atoms with Gasteiger partial charge in [-0.3, -0.25) is 9.58 Å². The molecule has 4 nitrogen and oxygen atoms in total. The molecular weight excluding hydrogens is 238 g/mol. The predicted octanol–water partition coefficient (Wildman–Crippen LogP) is 2.14. The number of aromatic nitrogens is 2. The van der Waals surface area contributed by atoms with Crippen molar-refractivity contribution < 1.29 is 5.11 Å². The zero-order valence-electron chi connectivity index (χ0n) is 13.3. The van der Waals surface area contributed by atoms with Crippen LogP contribution in [0, 0.1) is 0 Å². The molecule has 0 fully saturated rings. The molecule has 0 bridgehead atoms. The Morgan fingerprint density at radius 1 is 1.21 bits per heavy atom. The highest BCUT2D eigenvalue weighted by molar-refractivity contribution is 5.26. The summed E-state index contributed by atoms with van der Waals surface area (Å²) < 4.78 is 2.01. The van der Waals surface area contributed by atoms with E-state index in [1.807, 2.05) is 25.6 Å². The standard InChI is InChI=1S/C15H29N3O/c1-7-13-12(14(8-2)17(6)16-13)10-18(9-3)11-15(4,5)19/h19H,7-11H2,1-6H3. The van der Waals surface area contributed by atoms with Crippen LogP contribution in [0.25, 0.3) is 0 Å². The number of nitrogens with zero attached hydrogens (tertiary/aromatic N) is 3. The molecule has 0 spiro atoms. The summed E-state index contributed by atoms with van der Waals surface area (Å²) in [4.78, 5) is 2.29. The molecule has 0 amide bonds. The van der Waals surface area contributed by atoms with Crippen molar-refractivity contribution in [3.63, 3.8) is 0 Å². The lowest BCUT2D eigenvalue weighted by molar-refractivity contribution is 0.0352. The Bertz CT molecular complexity index is 404. The Balaban J connectivity index is 2.96. The quantitative estimate of drug-likeness (QED) is 0.823. The van der Waals surface area contributed by atoms with Gasteiger partial charge >= 0.3 is 0 Å². The molecule has 0 saturated carbocycles. The van der Waals surface area contributed by atoms with E-state index >= 15 is 0 Å². The van der Waals surface area contributed by atoms with Crippen LogP contribution in [-0.2, 0) is 26.4 Å². The molecule has 0 aliphatic carbocycles. The molecule has 4 heteroatoms. The van der Waals surface area contributed by atoms with Crippen LogP contribution in [0.1, 0.15) is 51.6 Å². The maximum Gasteiger partial charge on any atom is 0.0718 e. The number of aryl methyl sites for hydroxylation is 2. The molecule has 0 unspecified atom stereocenters. The van der Waals surface area contributed by atoms with Gasteiger partial charge < -0.3 is 5.11 Å². The van der Waals surface area contributed by atoms with Crippen molar-refractivity contribution in [2.24, 2.45) is 7.05 Å². The van der Waals surface area contributed by atoms with Gasteiger partial charge in [0, 0.05) is 31.4 Å². The first-order valence-electron chi connectivity index (χ1n) is 7.30. The van der Waals surface area contributed by atoms with Crippen molar-refractivity contribution in [2.45, 2.75) is 59.6 Å². The second-order valence-electron chi connectivity index (χ2n) is 5.82. The number of hydrogen-bond acceptors (Lipinski definition) is 3. The van der Waals surface area contributed by atoms with E-state index in [9.17, 15) is 5.11 Å². The SMILES string of the molecule is CCc1nn(C)c(CC)c1CN(CC)CC(C)(C)O. The fourth-order valence-corrected chi connectivity index (χ4v) is 2.62. The van der Waals surface area contributed by atoms with E-state index in [1.54, 1.807) is 0 Å². The van der Waals surface area contributed by atoms with Crippen LogP contribution in [0.5, 0.6) is 0 Å². The molecule has 110 valence electrons. The first-order valence-corrected chi connectivity index (χ1v) is 7.30. The van der Waals surface area contributed by atoms with Crippen LogP contribution in [0.3, 0.4) is 0 Å². The minimum absolute atomic E-state index is 0.656. The smallest absolute Gasteiger partial charge is 0.0718 e. The van der Waals surface area contributed by atoms with Crippen LogP contribution in [0.4, 0.5) is 0 Å². The molecule has 1 N–H and O–H groups in total. The van der Waals surface area contributed by atoms with Gasteiger partial charge in [0.15, 0.2) is 0 Å². The molecule has 0 aliphatic rings. The van der Waals surface area contributed by atoms with Crippen molar-refractivity contribution in [1.82, 2.24) is 14.7 Å². The molecule has 1 rings (SSSR count). The van der Waals surface area contributed by atoms with Crippen LogP contribution in [0.15, 0.2) is 0 Å². The van der Waals surface area contributed by atoms with Crippen LogP contribution in [-0.4, -0.2) is 38.5 Å². The lowest BCUT2D eigenvalue weighted by atomic mass is 10.1. The van der Waals surface area contributed by atoms with Crippen LogP contribution >= 0.6 is 0 Å². The summed E-state index contributed by atoms with van der Waals surface area (Å²) in [6, 6.07) is 0. The predicted molar refractivity (Wildman–Crippen MR) is 79.2 cm³/mol. The van der Waals surface area contributed by atoms with E-state index in [4.69, 9.17) is 0 Å². The molecule has 19 heavy (non-hydrogen) atoms. The molecule has 0 atom stereocenters. The lowest BCUT2D eigenvalue weighted by Crippen LogP contribution is -2.38. The van der Waals surface area contributed by atoms with Gasteiger partial charge in [0.25, 0.3) is 0 Å². The zero-order valence-corrected chi connectivity index (χ0v) is 13.3. The summed E-state index contributed by atoms with van der Waals surface area (Å²) in [6.07, 6.45) is 1.96. The third kappa shape index (κ3) is 4.32. The summed E-state index contributed by atoms with van der Waals surface area (Å²) in [6.45, 7) is 12.7. The van der Waals surface area contributed by atoms with E-state index in [-0.39, 0.29) is 0 Å². The topological polar surface area (TPSA) is 41.3 Å². The fourth-order valence-electron chi connectivity index (χ4n) is 2.62. The Hall–Kier alpha value is -0.870. The minimum atomic E-state index is -0.656. The van der Waals surface area contributed by atoms with Gasteiger partial charge in [0.1, 0.15) is 0 Å². The zero-order chi connectivity index (χ0) is 14.6. The number of aliphatic hydroxyl groups is 1. The van der Waals surface area contributed by atoms with Gasteiger partial charge in [-0.1, -0.05) is 20.8 Å².